The molecule has 0 saturated heterocycles. The second-order valence-corrected chi connectivity index (χ2v) is 7.21. The molecule has 0 amide bonds. The van der Waals surface area contributed by atoms with E-state index in [0.717, 1.165) is 12.5 Å². The van der Waals surface area contributed by atoms with Crippen LogP contribution in [-0.2, 0) is 5.41 Å². The number of nitrogens with two attached hydrogens (primary N) is 1. The number of anilines is 1. The van der Waals surface area contributed by atoms with Crippen molar-refractivity contribution in [3.8, 4) is 0 Å². The van der Waals surface area contributed by atoms with Crippen LogP contribution in [0.3, 0.4) is 0 Å². The molecule has 1 aliphatic rings. The zero-order valence-corrected chi connectivity index (χ0v) is 13.0. The number of rotatable bonds is 3. The van der Waals surface area contributed by atoms with Crippen LogP contribution < -0.4 is 11.1 Å². The summed E-state index contributed by atoms with van der Waals surface area (Å²) in [6, 6.07) is 5.08. The molecule has 3 N–H and O–H groups in total. The summed E-state index contributed by atoms with van der Waals surface area (Å²) in [5, 5.41) is 3.63. The number of nitrogens with one attached hydrogen (secondary N) is 1. The summed E-state index contributed by atoms with van der Waals surface area (Å²) in [5.74, 6) is 0.760. The van der Waals surface area contributed by atoms with E-state index in [4.69, 9.17) is 5.73 Å². The smallest absolute Gasteiger partial charge is 0.0399 e. The maximum Gasteiger partial charge on any atom is 0.0399 e. The lowest BCUT2D eigenvalue weighted by Crippen LogP contribution is -2.39. The number of hydrogen-bond donors (Lipinski definition) is 2. The van der Waals surface area contributed by atoms with Crippen molar-refractivity contribution in [1.82, 2.24) is 0 Å². The van der Waals surface area contributed by atoms with E-state index in [1.54, 1.807) is 0 Å². The molecule has 1 saturated carbocycles. The fraction of sp³-hybridized carbons (Fsp3) is 0.647. The highest BCUT2D eigenvalue weighted by molar-refractivity contribution is 5.59. The average molecular weight is 260 g/mol. The van der Waals surface area contributed by atoms with Crippen molar-refractivity contribution in [3.05, 3.63) is 28.8 Å². The molecular weight excluding hydrogens is 232 g/mol. The molecule has 0 radical (unpaired) electrons. The Balaban J connectivity index is 2.09. The molecule has 1 aliphatic carbocycles. The van der Waals surface area contributed by atoms with Crippen molar-refractivity contribution >= 4 is 5.69 Å². The SMILES string of the molecule is Cc1cc(C(C)(C)C)cc(C)c1NCC1CC(N)C1. The van der Waals surface area contributed by atoms with Crippen molar-refractivity contribution in [2.24, 2.45) is 11.7 Å². The topological polar surface area (TPSA) is 38.0 Å². The molecule has 1 aromatic carbocycles. The van der Waals surface area contributed by atoms with E-state index in [9.17, 15) is 0 Å². The van der Waals surface area contributed by atoms with Gasteiger partial charge in [-0.05, 0) is 54.7 Å². The molecule has 106 valence electrons. The first-order chi connectivity index (χ1) is 8.77. The van der Waals surface area contributed by atoms with Crippen LogP contribution in [0.2, 0.25) is 0 Å². The number of benzene rings is 1. The van der Waals surface area contributed by atoms with Crippen molar-refractivity contribution in [3.63, 3.8) is 0 Å². The van der Waals surface area contributed by atoms with Gasteiger partial charge in [-0.25, -0.2) is 0 Å². The first-order valence-electron chi connectivity index (χ1n) is 7.38. The van der Waals surface area contributed by atoms with Gasteiger partial charge in [0.1, 0.15) is 0 Å². The van der Waals surface area contributed by atoms with Crippen molar-refractivity contribution in [1.29, 1.82) is 0 Å². The average Bonchev–Trinajstić information content (AvgIpc) is 2.23. The van der Waals surface area contributed by atoms with Crippen LogP contribution in [-0.4, -0.2) is 12.6 Å². The third-order valence-corrected chi connectivity index (χ3v) is 4.24. The predicted molar refractivity (Wildman–Crippen MR) is 83.8 cm³/mol. The second-order valence-electron chi connectivity index (χ2n) is 7.21. The van der Waals surface area contributed by atoms with E-state index in [0.29, 0.717) is 6.04 Å². The largest absolute Gasteiger partial charge is 0.384 e. The van der Waals surface area contributed by atoms with E-state index in [1.165, 1.54) is 35.2 Å². The molecule has 0 aliphatic heterocycles. The van der Waals surface area contributed by atoms with Gasteiger partial charge in [0, 0.05) is 18.3 Å². The lowest BCUT2D eigenvalue weighted by atomic mass is 9.80. The van der Waals surface area contributed by atoms with Gasteiger partial charge in [0.25, 0.3) is 0 Å². The summed E-state index contributed by atoms with van der Waals surface area (Å²) < 4.78 is 0. The molecular formula is C17H28N2. The lowest BCUT2D eigenvalue weighted by Gasteiger charge is -2.33. The Labute approximate surface area is 117 Å². The van der Waals surface area contributed by atoms with E-state index in [1.807, 2.05) is 0 Å². The van der Waals surface area contributed by atoms with Crippen LogP contribution in [0.5, 0.6) is 0 Å². The van der Waals surface area contributed by atoms with Crippen LogP contribution in [0.4, 0.5) is 5.69 Å². The first kappa shape index (κ1) is 14.4. The minimum atomic E-state index is 0.217. The Kier molecular flexibility index (Phi) is 3.91. The van der Waals surface area contributed by atoms with E-state index in [-0.39, 0.29) is 5.41 Å². The van der Waals surface area contributed by atoms with Gasteiger partial charge in [0.05, 0.1) is 0 Å². The van der Waals surface area contributed by atoms with Gasteiger partial charge in [0.15, 0.2) is 0 Å². The molecule has 0 spiro atoms. The van der Waals surface area contributed by atoms with Crippen LogP contribution in [0.15, 0.2) is 12.1 Å². The highest BCUT2D eigenvalue weighted by Gasteiger charge is 2.25. The molecule has 0 bridgehead atoms. The zero-order chi connectivity index (χ0) is 14.2. The third kappa shape index (κ3) is 3.30. The molecule has 0 heterocycles. The van der Waals surface area contributed by atoms with Crippen LogP contribution >= 0.6 is 0 Å². The predicted octanol–water partition coefficient (Wildman–Crippen LogP) is 3.75. The summed E-state index contributed by atoms with van der Waals surface area (Å²) >= 11 is 0. The van der Waals surface area contributed by atoms with Gasteiger partial charge in [-0.15, -0.1) is 0 Å². The van der Waals surface area contributed by atoms with Gasteiger partial charge in [-0.3, -0.25) is 0 Å². The maximum absolute atomic E-state index is 5.84. The minimum Gasteiger partial charge on any atom is -0.384 e. The summed E-state index contributed by atoms with van der Waals surface area (Å²) in [6.45, 7) is 12.3. The quantitative estimate of drug-likeness (QED) is 0.868. The van der Waals surface area contributed by atoms with Gasteiger partial charge < -0.3 is 11.1 Å². The van der Waals surface area contributed by atoms with Gasteiger partial charge in [-0.1, -0.05) is 32.9 Å². The summed E-state index contributed by atoms with van der Waals surface area (Å²) in [4.78, 5) is 0. The molecule has 2 rings (SSSR count). The highest BCUT2D eigenvalue weighted by atomic mass is 14.9. The Morgan fingerprint density at radius 3 is 2.11 bits per heavy atom. The molecule has 0 unspecified atom stereocenters. The molecule has 2 heteroatoms. The van der Waals surface area contributed by atoms with Crippen LogP contribution in [0.1, 0.15) is 50.3 Å². The van der Waals surface area contributed by atoms with E-state index < -0.39 is 0 Å². The van der Waals surface area contributed by atoms with E-state index in [2.05, 4.69) is 52.1 Å². The summed E-state index contributed by atoms with van der Waals surface area (Å²) in [5.41, 5.74) is 11.5. The molecule has 1 fully saturated rings. The summed E-state index contributed by atoms with van der Waals surface area (Å²) in [7, 11) is 0. The van der Waals surface area contributed by atoms with E-state index >= 15 is 0 Å². The molecule has 1 aromatic rings. The third-order valence-electron chi connectivity index (χ3n) is 4.24. The molecule has 19 heavy (non-hydrogen) atoms. The van der Waals surface area contributed by atoms with Crippen LogP contribution in [0.25, 0.3) is 0 Å². The van der Waals surface area contributed by atoms with Crippen molar-refractivity contribution < 1.29 is 0 Å². The van der Waals surface area contributed by atoms with Crippen LogP contribution in [0, 0.1) is 19.8 Å². The summed E-state index contributed by atoms with van der Waals surface area (Å²) in [6.07, 6.45) is 2.34. The molecule has 0 atom stereocenters. The minimum absolute atomic E-state index is 0.217. The monoisotopic (exact) mass is 260 g/mol. The molecule has 2 nitrogen and oxygen atoms in total. The second kappa shape index (κ2) is 5.16. The zero-order valence-electron chi connectivity index (χ0n) is 13.0. The van der Waals surface area contributed by atoms with Crippen molar-refractivity contribution in [2.75, 3.05) is 11.9 Å². The lowest BCUT2D eigenvalue weighted by molar-refractivity contribution is 0.280. The fourth-order valence-electron chi connectivity index (χ4n) is 2.88. The van der Waals surface area contributed by atoms with Gasteiger partial charge in [0.2, 0.25) is 0 Å². The van der Waals surface area contributed by atoms with Gasteiger partial charge in [-0.2, -0.15) is 0 Å². The number of aryl methyl sites for hydroxylation is 2. The Bertz CT molecular complexity index is 428. The van der Waals surface area contributed by atoms with Gasteiger partial charge >= 0.3 is 0 Å². The number of hydrogen-bond acceptors (Lipinski definition) is 2. The molecule has 0 aromatic heterocycles. The Morgan fingerprint density at radius 1 is 1.16 bits per heavy atom. The standard InChI is InChI=1S/C17H28N2/c1-11-6-14(17(3,4)5)7-12(2)16(11)19-10-13-8-15(18)9-13/h6-7,13,15,19H,8-10,18H2,1-5H3. The highest BCUT2D eigenvalue weighted by Crippen LogP contribution is 2.31. The Hall–Kier alpha value is -1.02. The fourth-order valence-corrected chi connectivity index (χ4v) is 2.88. The van der Waals surface area contributed by atoms with Crippen molar-refractivity contribution in [2.45, 2.75) is 58.9 Å². The first-order valence-corrected chi connectivity index (χ1v) is 7.38. The normalized spacial score (nSPS) is 23.1. The Morgan fingerprint density at radius 2 is 1.68 bits per heavy atom. The maximum atomic E-state index is 5.84.